The number of aliphatic hydroxyl groups excluding tert-OH is 1. The van der Waals surface area contributed by atoms with Crippen LogP contribution in [-0.2, 0) is 4.79 Å². The smallest absolute Gasteiger partial charge is 0.231 e. The number of aromatic nitrogens is 2. The van der Waals surface area contributed by atoms with E-state index >= 15 is 0 Å². The molecule has 4 aliphatic rings. The first kappa shape index (κ1) is 22.0. The highest BCUT2D eigenvalue weighted by atomic mass is 16.3. The first-order valence-electron chi connectivity index (χ1n) is 13.0. The monoisotopic (exact) mass is 461 g/mol. The van der Waals surface area contributed by atoms with Crippen molar-refractivity contribution in [1.82, 2.24) is 20.2 Å². The van der Waals surface area contributed by atoms with Crippen molar-refractivity contribution in [2.75, 3.05) is 37.6 Å². The molecule has 2 saturated heterocycles. The number of carbonyl (C=O) groups is 1. The second kappa shape index (κ2) is 8.93. The fourth-order valence-corrected chi connectivity index (χ4v) is 6.22. The Balaban J connectivity index is 1.18. The van der Waals surface area contributed by atoms with Gasteiger partial charge in [-0.25, -0.2) is 9.97 Å². The van der Waals surface area contributed by atoms with Crippen LogP contribution in [0.25, 0.3) is 0 Å². The molecule has 2 aliphatic carbocycles. The zero-order valence-electron chi connectivity index (χ0n) is 20.0. The molecule has 7 nitrogen and oxygen atoms in total. The van der Waals surface area contributed by atoms with Crippen molar-refractivity contribution in [2.45, 2.75) is 68.9 Å². The van der Waals surface area contributed by atoms with E-state index in [0.29, 0.717) is 19.5 Å². The molecule has 3 heterocycles. The lowest BCUT2D eigenvalue weighted by atomic mass is 9.88. The van der Waals surface area contributed by atoms with Crippen LogP contribution in [0.4, 0.5) is 5.82 Å². The lowest BCUT2D eigenvalue weighted by Gasteiger charge is -2.39. The van der Waals surface area contributed by atoms with Crippen LogP contribution in [0.5, 0.6) is 0 Å². The van der Waals surface area contributed by atoms with Crippen LogP contribution in [0.3, 0.4) is 0 Å². The maximum atomic E-state index is 13.9. The number of carbonyl (C=O) groups excluding carboxylic acids is 1. The zero-order chi connectivity index (χ0) is 23.2. The van der Waals surface area contributed by atoms with Crippen molar-refractivity contribution in [1.29, 1.82) is 0 Å². The number of nitrogens with zero attached hydrogens (tertiary/aromatic N) is 4. The molecule has 0 spiro atoms. The molecule has 2 N–H and O–H groups in total. The maximum absolute atomic E-state index is 13.9. The summed E-state index contributed by atoms with van der Waals surface area (Å²) in [6.45, 7) is 6.02. The molecule has 34 heavy (non-hydrogen) atoms. The van der Waals surface area contributed by atoms with E-state index in [0.717, 1.165) is 61.0 Å². The average molecular weight is 462 g/mol. The topological polar surface area (TPSA) is 81.6 Å². The number of anilines is 1. The standard InChI is InChI=1S/C27H35N5O2/c1-17-15-22(33)25-23(17)26(30-16-29-25)31-11-13-32(14-12-31)27(34)24(21-3-2-10-28-21)20-8-6-19(7-9-20)18-4-5-18/h6-9,16-18,21-22,24,28,33H,2-5,10-15H2,1H3. The molecule has 3 fully saturated rings. The van der Waals surface area contributed by atoms with Crippen LogP contribution in [0.1, 0.15) is 85.3 Å². The van der Waals surface area contributed by atoms with Crippen LogP contribution in [-0.4, -0.2) is 64.6 Å². The number of hydrogen-bond acceptors (Lipinski definition) is 6. The summed E-state index contributed by atoms with van der Waals surface area (Å²) in [6, 6.07) is 9.09. The van der Waals surface area contributed by atoms with Crippen LogP contribution < -0.4 is 10.2 Å². The van der Waals surface area contributed by atoms with Crippen molar-refractivity contribution in [3.63, 3.8) is 0 Å². The van der Waals surface area contributed by atoms with Gasteiger partial charge in [0, 0.05) is 37.8 Å². The van der Waals surface area contributed by atoms with Gasteiger partial charge in [-0.15, -0.1) is 0 Å². The summed E-state index contributed by atoms with van der Waals surface area (Å²) in [5, 5.41) is 13.9. The Bertz CT molecular complexity index is 1040. The Labute approximate surface area is 201 Å². The van der Waals surface area contributed by atoms with E-state index in [1.165, 1.54) is 18.4 Å². The summed E-state index contributed by atoms with van der Waals surface area (Å²) in [4.78, 5) is 27.1. The summed E-state index contributed by atoms with van der Waals surface area (Å²) >= 11 is 0. The van der Waals surface area contributed by atoms with E-state index < -0.39 is 6.10 Å². The van der Waals surface area contributed by atoms with Crippen LogP contribution in [0.15, 0.2) is 30.6 Å². The van der Waals surface area contributed by atoms with Gasteiger partial charge in [-0.05, 0) is 61.6 Å². The van der Waals surface area contributed by atoms with Gasteiger partial charge in [0.1, 0.15) is 12.1 Å². The van der Waals surface area contributed by atoms with Crippen LogP contribution >= 0.6 is 0 Å². The second-order valence-electron chi connectivity index (χ2n) is 10.6. The van der Waals surface area contributed by atoms with Gasteiger partial charge in [0.05, 0.1) is 17.7 Å². The number of piperazine rings is 1. The van der Waals surface area contributed by atoms with E-state index in [-0.39, 0.29) is 23.8 Å². The van der Waals surface area contributed by atoms with Gasteiger partial charge in [0.25, 0.3) is 0 Å². The highest BCUT2D eigenvalue weighted by Crippen LogP contribution is 2.43. The van der Waals surface area contributed by atoms with Crippen molar-refractivity contribution >= 4 is 11.7 Å². The summed E-state index contributed by atoms with van der Waals surface area (Å²) in [7, 11) is 0. The highest BCUT2D eigenvalue weighted by Gasteiger charge is 2.38. The Morgan fingerprint density at radius 1 is 1.09 bits per heavy atom. The predicted octanol–water partition coefficient (Wildman–Crippen LogP) is 3.08. The van der Waals surface area contributed by atoms with E-state index in [1.54, 1.807) is 6.33 Å². The third-order valence-corrected chi connectivity index (χ3v) is 8.28. The normalized spacial score (nSPS) is 27.6. The number of aliphatic hydroxyl groups is 1. The lowest BCUT2D eigenvalue weighted by molar-refractivity contribution is -0.133. The Morgan fingerprint density at radius 2 is 1.85 bits per heavy atom. The summed E-state index contributed by atoms with van der Waals surface area (Å²) < 4.78 is 0. The number of amides is 1. The molecule has 1 aromatic carbocycles. The minimum Gasteiger partial charge on any atom is -0.387 e. The molecule has 2 aliphatic heterocycles. The second-order valence-corrected chi connectivity index (χ2v) is 10.6. The first-order chi connectivity index (χ1) is 16.6. The van der Waals surface area contributed by atoms with Gasteiger partial charge in [0.15, 0.2) is 0 Å². The molecule has 0 bridgehead atoms. The molecule has 4 unspecified atom stereocenters. The number of rotatable bonds is 5. The van der Waals surface area contributed by atoms with E-state index in [2.05, 4.69) is 56.3 Å². The minimum atomic E-state index is -0.499. The lowest BCUT2D eigenvalue weighted by Crippen LogP contribution is -2.52. The molecular weight excluding hydrogens is 426 g/mol. The average Bonchev–Trinajstić information content (AvgIpc) is 3.50. The van der Waals surface area contributed by atoms with Gasteiger partial charge in [-0.1, -0.05) is 31.2 Å². The Morgan fingerprint density at radius 3 is 2.53 bits per heavy atom. The molecule has 4 atom stereocenters. The summed E-state index contributed by atoms with van der Waals surface area (Å²) in [5.41, 5.74) is 4.42. The van der Waals surface area contributed by atoms with Crippen LogP contribution in [0.2, 0.25) is 0 Å². The zero-order valence-corrected chi connectivity index (χ0v) is 20.0. The van der Waals surface area contributed by atoms with Crippen LogP contribution in [0, 0.1) is 0 Å². The molecular formula is C27H35N5O2. The third kappa shape index (κ3) is 3.99. The molecule has 180 valence electrons. The summed E-state index contributed by atoms with van der Waals surface area (Å²) in [5.74, 6) is 2.03. The molecule has 7 heteroatoms. The Hall–Kier alpha value is -2.51. The molecule has 1 amide bonds. The highest BCUT2D eigenvalue weighted by molar-refractivity contribution is 5.85. The van der Waals surface area contributed by atoms with E-state index in [9.17, 15) is 9.90 Å². The van der Waals surface area contributed by atoms with Gasteiger partial charge in [-0.2, -0.15) is 0 Å². The number of benzene rings is 1. The first-order valence-corrected chi connectivity index (χ1v) is 13.0. The number of fused-ring (bicyclic) bond motifs is 1. The largest absolute Gasteiger partial charge is 0.387 e. The summed E-state index contributed by atoms with van der Waals surface area (Å²) in [6.07, 6.45) is 6.54. The fraction of sp³-hybridized carbons (Fsp3) is 0.593. The molecule has 1 saturated carbocycles. The SMILES string of the molecule is CC1CC(O)c2ncnc(N3CCN(C(=O)C(c4ccc(C5CC5)cc4)C4CCCN4)CC3)c21. The van der Waals surface area contributed by atoms with E-state index in [4.69, 9.17) is 0 Å². The minimum absolute atomic E-state index is 0.124. The number of nitrogens with one attached hydrogen (secondary N) is 1. The van der Waals surface area contributed by atoms with Crippen molar-refractivity contribution in [3.05, 3.63) is 53.0 Å². The van der Waals surface area contributed by atoms with E-state index in [1.807, 2.05) is 0 Å². The van der Waals surface area contributed by atoms with Crippen molar-refractivity contribution in [3.8, 4) is 0 Å². The van der Waals surface area contributed by atoms with Gasteiger partial charge < -0.3 is 20.2 Å². The van der Waals surface area contributed by atoms with Gasteiger partial charge >= 0.3 is 0 Å². The molecule has 6 rings (SSSR count). The quantitative estimate of drug-likeness (QED) is 0.712. The molecule has 1 aromatic heterocycles. The maximum Gasteiger partial charge on any atom is 0.231 e. The fourth-order valence-electron chi connectivity index (χ4n) is 6.22. The molecule has 0 radical (unpaired) electrons. The number of hydrogen-bond donors (Lipinski definition) is 2. The Kier molecular flexibility index (Phi) is 5.77. The predicted molar refractivity (Wildman–Crippen MR) is 131 cm³/mol. The van der Waals surface area contributed by atoms with Crippen molar-refractivity contribution < 1.29 is 9.90 Å². The van der Waals surface area contributed by atoms with Gasteiger partial charge in [-0.3, -0.25) is 4.79 Å². The van der Waals surface area contributed by atoms with Crippen molar-refractivity contribution in [2.24, 2.45) is 0 Å². The molecule has 2 aromatic rings. The van der Waals surface area contributed by atoms with Gasteiger partial charge in [0.2, 0.25) is 5.91 Å². The third-order valence-electron chi connectivity index (χ3n) is 8.28.